The first-order valence-electron chi connectivity index (χ1n) is 9.43. The predicted octanol–water partition coefficient (Wildman–Crippen LogP) is 2.75. The fraction of sp³-hybridized carbons (Fsp3) is 0.364. The highest BCUT2D eigenvalue weighted by Gasteiger charge is 2.21. The SMILES string of the molecule is C#CCOc1cc(CNC(=O)CCC(=O)N2CCc3sccc3C2)ccc1OC. The van der Waals surface area contributed by atoms with E-state index < -0.39 is 0 Å². The fourth-order valence-corrected chi connectivity index (χ4v) is 4.08. The molecule has 0 unspecified atom stereocenters. The monoisotopic (exact) mass is 412 g/mol. The molecule has 1 aliphatic heterocycles. The van der Waals surface area contributed by atoms with Gasteiger partial charge in [-0.05, 0) is 41.1 Å². The van der Waals surface area contributed by atoms with E-state index in [9.17, 15) is 9.59 Å². The molecule has 2 aromatic rings. The summed E-state index contributed by atoms with van der Waals surface area (Å²) >= 11 is 1.74. The predicted molar refractivity (Wildman–Crippen MR) is 112 cm³/mol. The number of carbonyl (C=O) groups excluding carboxylic acids is 2. The van der Waals surface area contributed by atoms with Crippen molar-refractivity contribution >= 4 is 23.2 Å². The van der Waals surface area contributed by atoms with Crippen LogP contribution in [0.3, 0.4) is 0 Å². The molecule has 0 fully saturated rings. The van der Waals surface area contributed by atoms with Gasteiger partial charge in [0.25, 0.3) is 0 Å². The maximum atomic E-state index is 12.4. The van der Waals surface area contributed by atoms with Crippen molar-refractivity contribution in [3.8, 4) is 23.8 Å². The van der Waals surface area contributed by atoms with Gasteiger partial charge in [0.2, 0.25) is 11.8 Å². The molecule has 1 aliphatic rings. The molecule has 0 radical (unpaired) electrons. The van der Waals surface area contributed by atoms with Crippen molar-refractivity contribution in [1.29, 1.82) is 0 Å². The number of terminal acetylenes is 1. The summed E-state index contributed by atoms with van der Waals surface area (Å²) in [4.78, 5) is 27.8. The van der Waals surface area contributed by atoms with Crippen LogP contribution in [-0.2, 0) is 29.1 Å². The average molecular weight is 413 g/mol. The standard InChI is InChI=1S/C22H24N2O4S/c1-3-11-28-19-13-16(4-5-18(19)27-2)14-23-21(25)6-7-22(26)24-10-8-20-17(15-24)9-12-29-20/h1,4-5,9,12-13H,6-8,10-11,14-15H2,2H3,(H,23,25). The summed E-state index contributed by atoms with van der Waals surface area (Å²) in [5.41, 5.74) is 2.08. The summed E-state index contributed by atoms with van der Waals surface area (Å²) < 4.78 is 10.7. The third-order valence-electron chi connectivity index (χ3n) is 4.76. The lowest BCUT2D eigenvalue weighted by Gasteiger charge is -2.27. The Hall–Kier alpha value is -2.98. The second-order valence-electron chi connectivity index (χ2n) is 6.69. The highest BCUT2D eigenvalue weighted by Crippen LogP contribution is 2.28. The number of hydrogen-bond acceptors (Lipinski definition) is 5. The zero-order valence-electron chi connectivity index (χ0n) is 16.4. The van der Waals surface area contributed by atoms with Crippen molar-refractivity contribution in [1.82, 2.24) is 10.2 Å². The minimum Gasteiger partial charge on any atom is -0.493 e. The van der Waals surface area contributed by atoms with Crippen LogP contribution in [0.25, 0.3) is 0 Å². The largest absolute Gasteiger partial charge is 0.493 e. The Morgan fingerprint density at radius 3 is 2.93 bits per heavy atom. The summed E-state index contributed by atoms with van der Waals surface area (Å²) in [7, 11) is 1.55. The van der Waals surface area contributed by atoms with Gasteiger partial charge < -0.3 is 19.7 Å². The topological polar surface area (TPSA) is 67.9 Å². The Morgan fingerprint density at radius 1 is 1.28 bits per heavy atom. The van der Waals surface area contributed by atoms with Crippen LogP contribution in [-0.4, -0.2) is 37.0 Å². The van der Waals surface area contributed by atoms with Gasteiger partial charge in [0.05, 0.1) is 7.11 Å². The number of benzene rings is 1. The average Bonchev–Trinajstić information content (AvgIpc) is 3.22. The molecule has 1 aromatic heterocycles. The van der Waals surface area contributed by atoms with E-state index in [1.54, 1.807) is 30.6 Å². The van der Waals surface area contributed by atoms with Gasteiger partial charge >= 0.3 is 0 Å². The zero-order chi connectivity index (χ0) is 20.6. The zero-order valence-corrected chi connectivity index (χ0v) is 17.2. The summed E-state index contributed by atoms with van der Waals surface area (Å²) in [5.74, 6) is 3.39. The minimum atomic E-state index is -0.159. The molecule has 7 heteroatoms. The summed E-state index contributed by atoms with van der Waals surface area (Å²) in [6.07, 6.45) is 6.51. The molecule has 2 heterocycles. The lowest BCUT2D eigenvalue weighted by molar-refractivity contribution is -0.134. The molecule has 0 saturated carbocycles. The van der Waals surface area contributed by atoms with E-state index in [0.29, 0.717) is 24.6 Å². The van der Waals surface area contributed by atoms with Gasteiger partial charge in [-0.2, -0.15) is 0 Å². The van der Waals surface area contributed by atoms with Crippen LogP contribution in [0.1, 0.15) is 28.8 Å². The van der Waals surface area contributed by atoms with Crippen molar-refractivity contribution in [3.63, 3.8) is 0 Å². The number of nitrogens with one attached hydrogen (secondary N) is 1. The molecule has 0 atom stereocenters. The number of amides is 2. The van der Waals surface area contributed by atoms with Crippen LogP contribution in [0, 0.1) is 12.3 Å². The molecule has 0 spiro atoms. The second-order valence-corrected chi connectivity index (χ2v) is 7.69. The first-order chi connectivity index (χ1) is 14.1. The smallest absolute Gasteiger partial charge is 0.223 e. The van der Waals surface area contributed by atoms with Crippen molar-refractivity contribution in [2.75, 3.05) is 20.3 Å². The number of fused-ring (bicyclic) bond motifs is 1. The van der Waals surface area contributed by atoms with E-state index in [2.05, 4.69) is 22.7 Å². The van der Waals surface area contributed by atoms with Crippen LogP contribution < -0.4 is 14.8 Å². The van der Waals surface area contributed by atoms with Crippen molar-refractivity contribution in [2.45, 2.75) is 32.4 Å². The number of carbonyl (C=O) groups is 2. The Bertz CT molecular complexity index is 916. The first-order valence-corrected chi connectivity index (χ1v) is 10.3. The Kier molecular flexibility index (Phi) is 7.14. The molecule has 3 rings (SSSR count). The molecule has 1 aromatic carbocycles. The molecule has 152 valence electrons. The highest BCUT2D eigenvalue weighted by atomic mass is 32.1. The number of nitrogens with zero attached hydrogens (tertiary/aromatic N) is 1. The van der Waals surface area contributed by atoms with Crippen LogP contribution in [0.5, 0.6) is 11.5 Å². The third-order valence-corrected chi connectivity index (χ3v) is 5.78. The number of thiophene rings is 1. The number of methoxy groups -OCH3 is 1. The number of hydrogen-bond donors (Lipinski definition) is 1. The first kappa shape index (κ1) is 20.7. The maximum absolute atomic E-state index is 12.4. The van der Waals surface area contributed by atoms with Gasteiger partial charge in [-0.1, -0.05) is 12.0 Å². The van der Waals surface area contributed by atoms with Crippen LogP contribution >= 0.6 is 11.3 Å². The molecule has 29 heavy (non-hydrogen) atoms. The van der Waals surface area contributed by atoms with Gasteiger partial charge in [-0.3, -0.25) is 9.59 Å². The van der Waals surface area contributed by atoms with Gasteiger partial charge in [-0.25, -0.2) is 0 Å². The fourth-order valence-electron chi connectivity index (χ4n) is 3.19. The molecule has 0 aliphatic carbocycles. The van der Waals surface area contributed by atoms with E-state index in [-0.39, 0.29) is 31.3 Å². The highest BCUT2D eigenvalue weighted by molar-refractivity contribution is 7.10. The van der Waals surface area contributed by atoms with Crippen molar-refractivity contribution in [3.05, 3.63) is 45.6 Å². The van der Waals surface area contributed by atoms with Crippen molar-refractivity contribution in [2.24, 2.45) is 0 Å². The van der Waals surface area contributed by atoms with Crippen molar-refractivity contribution < 1.29 is 19.1 Å². The quantitative estimate of drug-likeness (QED) is 0.677. The van der Waals surface area contributed by atoms with E-state index in [1.165, 1.54) is 10.4 Å². The van der Waals surface area contributed by atoms with Crippen LogP contribution in [0.2, 0.25) is 0 Å². The maximum Gasteiger partial charge on any atom is 0.223 e. The molecule has 2 amide bonds. The Labute approximate surface area is 174 Å². The van der Waals surface area contributed by atoms with E-state index in [4.69, 9.17) is 15.9 Å². The minimum absolute atomic E-state index is 0.0198. The van der Waals surface area contributed by atoms with Gasteiger partial charge in [-0.15, -0.1) is 17.8 Å². The Morgan fingerprint density at radius 2 is 2.14 bits per heavy atom. The summed E-state index contributed by atoms with van der Waals surface area (Å²) in [6.45, 7) is 1.84. The molecule has 0 saturated heterocycles. The van der Waals surface area contributed by atoms with Gasteiger partial charge in [0.1, 0.15) is 6.61 Å². The van der Waals surface area contributed by atoms with Gasteiger partial charge in [0.15, 0.2) is 11.5 Å². The molecule has 0 bridgehead atoms. The molecular formula is C22H24N2O4S. The number of rotatable bonds is 8. The normalized spacial score (nSPS) is 12.6. The molecular weight excluding hydrogens is 388 g/mol. The van der Waals surface area contributed by atoms with Gasteiger partial charge in [0, 0.05) is 37.4 Å². The number of ether oxygens (including phenoxy) is 2. The third kappa shape index (κ3) is 5.52. The lowest BCUT2D eigenvalue weighted by Crippen LogP contribution is -2.36. The molecule has 1 N–H and O–H groups in total. The van der Waals surface area contributed by atoms with Crippen LogP contribution in [0.15, 0.2) is 29.6 Å². The summed E-state index contributed by atoms with van der Waals surface area (Å²) in [5, 5.41) is 4.91. The van der Waals surface area contributed by atoms with E-state index in [0.717, 1.165) is 18.5 Å². The second kappa shape index (κ2) is 9.99. The van der Waals surface area contributed by atoms with Crippen LogP contribution in [0.4, 0.5) is 0 Å². The lowest BCUT2D eigenvalue weighted by atomic mass is 10.1. The van der Waals surface area contributed by atoms with E-state index in [1.807, 2.05) is 11.0 Å². The molecule has 6 nitrogen and oxygen atoms in total. The summed E-state index contributed by atoms with van der Waals surface area (Å²) in [6, 6.07) is 7.47. The van der Waals surface area contributed by atoms with E-state index >= 15 is 0 Å². The Balaban J connectivity index is 1.45.